The summed E-state index contributed by atoms with van der Waals surface area (Å²) in [5.41, 5.74) is 4.51. The molecule has 1 aliphatic rings. The zero-order valence-corrected chi connectivity index (χ0v) is 18.7. The summed E-state index contributed by atoms with van der Waals surface area (Å²) in [6.45, 7) is 7.78. The number of halogens is 1. The number of hydrogen-bond acceptors (Lipinski definition) is 11. The van der Waals surface area contributed by atoms with E-state index >= 15 is 0 Å². The van der Waals surface area contributed by atoms with Crippen LogP contribution in [0.4, 0.5) is 15.0 Å². The van der Waals surface area contributed by atoms with Crippen LogP contribution in [-0.4, -0.2) is 48.1 Å². The molecule has 0 saturated carbocycles. The molecule has 0 fully saturated rings. The van der Waals surface area contributed by atoms with Gasteiger partial charge in [0.05, 0.1) is 24.7 Å². The minimum Gasteiger partial charge on any atom is -0.472 e. The molecule has 2 rings (SSSR count). The third-order valence-corrected chi connectivity index (χ3v) is 4.48. The second-order valence-corrected chi connectivity index (χ2v) is 7.76. The average Bonchev–Trinajstić information content (AvgIpc) is 3.16. The summed E-state index contributed by atoms with van der Waals surface area (Å²) >= 11 is 0. The Morgan fingerprint density at radius 1 is 1.31 bits per heavy atom. The third kappa shape index (κ3) is 8.52. The fraction of sp³-hybridized carbons (Fsp3) is 0.500. The van der Waals surface area contributed by atoms with Gasteiger partial charge in [-0.15, -0.1) is 0 Å². The van der Waals surface area contributed by atoms with E-state index in [2.05, 4.69) is 11.6 Å². The maximum absolute atomic E-state index is 13.6. The number of anilines is 1. The van der Waals surface area contributed by atoms with Crippen LogP contribution in [0.15, 0.2) is 35.5 Å². The Morgan fingerprint density at radius 2 is 2.00 bits per heavy atom. The zero-order chi connectivity index (χ0) is 23.7. The van der Waals surface area contributed by atoms with Crippen molar-refractivity contribution in [1.29, 1.82) is 0 Å². The van der Waals surface area contributed by atoms with Crippen LogP contribution in [0.25, 0.3) is 0 Å². The molecule has 0 bridgehead atoms. The molecule has 14 heteroatoms. The fourth-order valence-corrected chi connectivity index (χ4v) is 2.91. The predicted molar refractivity (Wildman–Crippen MR) is 109 cm³/mol. The van der Waals surface area contributed by atoms with Gasteiger partial charge >= 0.3 is 20.4 Å². The van der Waals surface area contributed by atoms with E-state index in [0.717, 1.165) is 10.8 Å². The first-order valence-electron chi connectivity index (χ1n) is 9.34. The van der Waals surface area contributed by atoms with Crippen molar-refractivity contribution >= 4 is 20.6 Å². The highest BCUT2D eigenvalue weighted by Crippen LogP contribution is 2.40. The molecule has 1 aliphatic heterocycles. The normalized spacial score (nSPS) is 18.5. The summed E-state index contributed by atoms with van der Waals surface area (Å²) < 4.78 is 51.1. The maximum atomic E-state index is 13.6. The van der Waals surface area contributed by atoms with Gasteiger partial charge in [-0.2, -0.15) is 4.98 Å². The highest BCUT2D eigenvalue weighted by molar-refractivity contribution is 7.41. The monoisotopic (exact) mass is 477 g/mol. The van der Waals surface area contributed by atoms with Gasteiger partial charge in [0.25, 0.3) is 0 Å². The SMILES string of the molecule is C=C(C)OCOP(OCOC(=O)OC(C)C)OCC1C=CC(n2cc(F)c(N)nc2=O)O1. The molecular weight excluding hydrogens is 452 g/mol. The summed E-state index contributed by atoms with van der Waals surface area (Å²) in [6, 6.07) is 0. The van der Waals surface area contributed by atoms with Crippen molar-refractivity contribution in [2.75, 3.05) is 25.9 Å². The number of nitrogen functional groups attached to an aromatic ring is 1. The van der Waals surface area contributed by atoms with Gasteiger partial charge in [-0.3, -0.25) is 13.6 Å². The molecule has 0 amide bonds. The Balaban J connectivity index is 1.86. The quantitative estimate of drug-likeness (QED) is 0.156. The summed E-state index contributed by atoms with van der Waals surface area (Å²) in [5, 5.41) is 0. The second-order valence-electron chi connectivity index (χ2n) is 6.53. The molecule has 178 valence electrons. The predicted octanol–water partition coefficient (Wildman–Crippen LogP) is 2.72. The van der Waals surface area contributed by atoms with Gasteiger partial charge in [-0.25, -0.2) is 14.0 Å². The number of rotatable bonds is 12. The van der Waals surface area contributed by atoms with E-state index in [0.29, 0.717) is 5.76 Å². The molecule has 3 unspecified atom stereocenters. The average molecular weight is 477 g/mol. The lowest BCUT2D eigenvalue weighted by atomic mass is 10.4. The molecule has 1 aromatic heterocycles. The van der Waals surface area contributed by atoms with Crippen LogP contribution in [0, 0.1) is 5.82 Å². The second kappa shape index (κ2) is 12.5. The van der Waals surface area contributed by atoms with Crippen LogP contribution in [0.2, 0.25) is 0 Å². The molecule has 2 heterocycles. The van der Waals surface area contributed by atoms with E-state index in [4.69, 9.17) is 38.3 Å². The third-order valence-electron chi connectivity index (χ3n) is 3.49. The minimum absolute atomic E-state index is 0.0537. The van der Waals surface area contributed by atoms with Crippen LogP contribution < -0.4 is 11.4 Å². The molecule has 0 aromatic carbocycles. The van der Waals surface area contributed by atoms with Gasteiger partial charge in [0.2, 0.25) is 6.79 Å². The number of hydrogen-bond donors (Lipinski definition) is 1. The summed E-state index contributed by atoms with van der Waals surface area (Å²) in [6.07, 6.45) is 1.28. The molecule has 0 radical (unpaired) electrons. The number of carbonyl (C=O) groups excluding carboxylic acids is 1. The van der Waals surface area contributed by atoms with Crippen molar-refractivity contribution in [2.45, 2.75) is 39.2 Å². The first kappa shape index (κ1) is 25.7. The number of ether oxygens (including phenoxy) is 4. The minimum atomic E-state index is -2.01. The number of aromatic nitrogens is 2. The first-order valence-corrected chi connectivity index (χ1v) is 10.4. The van der Waals surface area contributed by atoms with Gasteiger partial charge < -0.3 is 29.2 Å². The van der Waals surface area contributed by atoms with E-state index in [1.54, 1.807) is 26.8 Å². The smallest absolute Gasteiger partial charge is 0.472 e. The molecule has 0 spiro atoms. The van der Waals surface area contributed by atoms with Gasteiger partial charge in [0.1, 0.15) is 6.10 Å². The fourth-order valence-electron chi connectivity index (χ4n) is 2.14. The molecule has 2 N–H and O–H groups in total. The van der Waals surface area contributed by atoms with E-state index < -0.39 is 51.2 Å². The highest BCUT2D eigenvalue weighted by atomic mass is 31.2. The number of allylic oxidation sites excluding steroid dienone is 1. The molecule has 0 aliphatic carbocycles. The van der Waals surface area contributed by atoms with Crippen molar-refractivity contribution in [3.05, 3.63) is 47.0 Å². The lowest BCUT2D eigenvalue weighted by molar-refractivity contribution is -0.0372. The lowest BCUT2D eigenvalue weighted by Crippen LogP contribution is -2.29. The first-order chi connectivity index (χ1) is 15.2. The number of carbonyl (C=O) groups is 1. The number of nitrogens with zero attached hydrogens (tertiary/aromatic N) is 2. The lowest BCUT2D eigenvalue weighted by Gasteiger charge is -2.20. The standard InChI is InChI=1S/C18H25FN3O9P/c1-11(2)25-9-28-32(29-10-26-18(24)30-12(3)4)27-8-13-5-6-15(31-13)22-7-14(19)16(20)21-17(22)23/h5-7,12-13,15H,1,8-10H2,2-4H3,(H2,20,21,23). The van der Waals surface area contributed by atoms with Crippen LogP contribution in [0.3, 0.4) is 0 Å². The molecule has 0 saturated heterocycles. The van der Waals surface area contributed by atoms with Crippen LogP contribution in [0.1, 0.15) is 27.0 Å². The Morgan fingerprint density at radius 3 is 2.66 bits per heavy atom. The van der Waals surface area contributed by atoms with Crippen LogP contribution in [-0.2, 0) is 32.5 Å². The summed E-state index contributed by atoms with van der Waals surface area (Å²) in [5.74, 6) is -0.930. The van der Waals surface area contributed by atoms with Crippen LogP contribution in [0.5, 0.6) is 0 Å². The van der Waals surface area contributed by atoms with Gasteiger partial charge in [0.15, 0.2) is 24.7 Å². The molecule has 1 aromatic rings. The largest absolute Gasteiger partial charge is 0.510 e. The van der Waals surface area contributed by atoms with Gasteiger partial charge in [0, 0.05) is 0 Å². The van der Waals surface area contributed by atoms with Crippen LogP contribution >= 0.6 is 8.60 Å². The van der Waals surface area contributed by atoms with Crippen molar-refractivity contribution < 1.29 is 41.7 Å². The molecule has 3 atom stereocenters. The van der Waals surface area contributed by atoms with Gasteiger partial charge in [-0.05, 0) is 26.8 Å². The van der Waals surface area contributed by atoms with Crippen molar-refractivity contribution in [3.63, 3.8) is 0 Å². The van der Waals surface area contributed by atoms with E-state index in [1.165, 1.54) is 6.08 Å². The van der Waals surface area contributed by atoms with Crippen molar-refractivity contribution in [2.24, 2.45) is 0 Å². The zero-order valence-electron chi connectivity index (χ0n) is 17.8. The number of nitrogens with two attached hydrogens (primary N) is 1. The topological polar surface area (TPSA) is 143 Å². The maximum Gasteiger partial charge on any atom is 0.510 e. The van der Waals surface area contributed by atoms with E-state index in [-0.39, 0.29) is 19.5 Å². The van der Waals surface area contributed by atoms with Crippen molar-refractivity contribution in [1.82, 2.24) is 9.55 Å². The molecule has 12 nitrogen and oxygen atoms in total. The molecular formula is C18H25FN3O9P. The summed E-state index contributed by atoms with van der Waals surface area (Å²) in [4.78, 5) is 26.7. The van der Waals surface area contributed by atoms with Crippen molar-refractivity contribution in [3.8, 4) is 0 Å². The Bertz CT molecular complexity index is 880. The highest BCUT2D eigenvalue weighted by Gasteiger charge is 2.25. The van der Waals surface area contributed by atoms with E-state index in [9.17, 15) is 14.0 Å². The Kier molecular flexibility index (Phi) is 10.0. The van der Waals surface area contributed by atoms with E-state index in [1.807, 2.05) is 0 Å². The van der Waals surface area contributed by atoms with Gasteiger partial charge in [-0.1, -0.05) is 12.7 Å². The Hall–Kier alpha value is -2.57. The Labute approximate surface area is 184 Å². The summed E-state index contributed by atoms with van der Waals surface area (Å²) in [7, 11) is -2.01. The molecule has 32 heavy (non-hydrogen) atoms.